The molecule has 0 unspecified atom stereocenters. The second-order valence-corrected chi connectivity index (χ2v) is 17.7. The summed E-state index contributed by atoms with van der Waals surface area (Å²) in [5, 5.41) is 0. The Labute approximate surface area is 445 Å². The second kappa shape index (κ2) is 23.0. The van der Waals surface area contributed by atoms with Gasteiger partial charge in [-0.2, -0.15) is 0 Å². The van der Waals surface area contributed by atoms with Crippen molar-refractivity contribution in [3.8, 4) is 45.6 Å². The molecule has 0 fully saturated rings. The highest BCUT2D eigenvalue weighted by Crippen LogP contribution is 2.43. The van der Waals surface area contributed by atoms with E-state index in [9.17, 15) is 0 Å². The molecule has 0 saturated carbocycles. The average molecular weight is 1000 g/mol. The molecule has 0 aliphatic carbocycles. The first-order valence-corrected chi connectivity index (χ1v) is 24.8. The molecule has 10 aromatic carbocycles. The van der Waals surface area contributed by atoms with Crippen LogP contribution < -0.4 is 48.0 Å². The molecule has 0 aromatic heterocycles. The molecule has 0 N–H and O–H groups in total. The van der Waals surface area contributed by atoms with E-state index in [0.29, 0.717) is 0 Å². The first-order valence-electron chi connectivity index (χ1n) is 24.8. The summed E-state index contributed by atoms with van der Waals surface area (Å²) in [5.41, 5.74) is 14.2. The minimum absolute atomic E-state index is 0.788. The lowest BCUT2D eigenvalue weighted by molar-refractivity contribution is 0.414. The van der Waals surface area contributed by atoms with Crippen LogP contribution in [0.25, 0.3) is 11.1 Å². The van der Waals surface area contributed by atoms with Gasteiger partial charge in [0.2, 0.25) is 0 Å². The molecule has 10 aromatic rings. The van der Waals surface area contributed by atoms with Crippen molar-refractivity contribution < 1.29 is 28.4 Å². The minimum Gasteiger partial charge on any atom is -0.497 e. The van der Waals surface area contributed by atoms with Gasteiger partial charge in [0.25, 0.3) is 0 Å². The first-order chi connectivity index (χ1) is 37.4. The van der Waals surface area contributed by atoms with Crippen molar-refractivity contribution in [1.29, 1.82) is 0 Å². The molecule has 10 rings (SSSR count). The maximum Gasteiger partial charge on any atom is 0.119 e. The molecule has 10 nitrogen and oxygen atoms in total. The van der Waals surface area contributed by atoms with Crippen LogP contribution in [-0.2, 0) is 0 Å². The van der Waals surface area contributed by atoms with Crippen LogP contribution in [0.3, 0.4) is 0 Å². The fourth-order valence-corrected chi connectivity index (χ4v) is 9.28. The third kappa shape index (κ3) is 10.8. The Morgan fingerprint density at radius 2 is 0.263 bits per heavy atom. The molecule has 0 aliphatic rings. The third-order valence-corrected chi connectivity index (χ3v) is 13.3. The van der Waals surface area contributed by atoms with Gasteiger partial charge in [-0.1, -0.05) is 24.3 Å². The lowest BCUT2D eigenvalue weighted by atomic mass is 10.0. The molecule has 76 heavy (non-hydrogen) atoms. The molecule has 0 saturated heterocycles. The van der Waals surface area contributed by atoms with Crippen LogP contribution in [0.5, 0.6) is 34.5 Å². The lowest BCUT2D eigenvalue weighted by Crippen LogP contribution is -2.12. The summed E-state index contributed by atoms with van der Waals surface area (Å²) >= 11 is 0. The van der Waals surface area contributed by atoms with Crippen molar-refractivity contribution in [2.45, 2.75) is 0 Å². The summed E-state index contributed by atoms with van der Waals surface area (Å²) in [5.74, 6) is 4.75. The standard InChI is InChI=1S/C66H58N4O6/c1-71-61-35-23-55(24-36-61)67(51-15-19-53(20-16-51)69(57-27-39-63(73-3)40-28-57)58-29-41-64(74-4)42-30-58)49-11-7-47(8-12-49)48-9-13-50(14-10-48)68(56-25-37-62(72-2)38-26-56)52-17-21-54(22-18-52)70(59-31-43-65(75-5)44-32-59)60-33-45-66(76-6)46-34-60/h7-46H,1-6H3. The molecular formula is C66H58N4O6. The average Bonchev–Trinajstić information content (AvgIpc) is 3.51. The van der Waals surface area contributed by atoms with Gasteiger partial charge in [-0.05, 0) is 230 Å². The van der Waals surface area contributed by atoms with E-state index in [4.69, 9.17) is 28.4 Å². The lowest BCUT2D eigenvalue weighted by Gasteiger charge is -2.29. The highest BCUT2D eigenvalue weighted by molar-refractivity contribution is 5.85. The summed E-state index contributed by atoms with van der Waals surface area (Å²) in [7, 11) is 10.1. The number of methoxy groups -OCH3 is 6. The summed E-state index contributed by atoms with van der Waals surface area (Å²) in [6.07, 6.45) is 0. The predicted molar refractivity (Wildman–Crippen MR) is 310 cm³/mol. The van der Waals surface area contributed by atoms with Gasteiger partial charge < -0.3 is 48.0 Å². The molecule has 10 heteroatoms. The smallest absolute Gasteiger partial charge is 0.119 e. The number of nitrogens with zero attached hydrogens (tertiary/aromatic N) is 4. The summed E-state index contributed by atoms with van der Waals surface area (Å²) in [6, 6.07) is 83.3. The molecule has 0 bridgehead atoms. The number of rotatable bonds is 19. The number of hydrogen-bond donors (Lipinski definition) is 0. The number of anilines is 12. The topological polar surface area (TPSA) is 68.3 Å². The zero-order chi connectivity index (χ0) is 52.4. The minimum atomic E-state index is 0.788. The molecule has 378 valence electrons. The Bertz CT molecular complexity index is 3100. The van der Waals surface area contributed by atoms with Gasteiger partial charge >= 0.3 is 0 Å². The first kappa shape index (κ1) is 49.8. The van der Waals surface area contributed by atoms with E-state index in [2.05, 4.69) is 189 Å². The Kier molecular flexibility index (Phi) is 15.0. The maximum atomic E-state index is 5.56. The zero-order valence-electron chi connectivity index (χ0n) is 43.3. The zero-order valence-corrected chi connectivity index (χ0v) is 43.3. The molecule has 0 radical (unpaired) electrons. The molecule has 0 atom stereocenters. The SMILES string of the molecule is COc1ccc(N(c2ccc(OC)cc2)c2ccc(N(c3ccc(OC)cc3)c3ccc(-c4ccc(N(c5ccc(OC)cc5)c5ccc(N(c6ccc(OC)cc6)c6ccc(OC)cc6)cc5)cc4)cc3)cc2)cc1. The van der Waals surface area contributed by atoms with Crippen LogP contribution in [0.2, 0.25) is 0 Å². The largest absolute Gasteiger partial charge is 0.497 e. The van der Waals surface area contributed by atoms with Gasteiger partial charge in [-0.3, -0.25) is 0 Å². The highest BCUT2D eigenvalue weighted by atomic mass is 16.5. The Balaban J connectivity index is 0.952. The van der Waals surface area contributed by atoms with Gasteiger partial charge in [-0.15, -0.1) is 0 Å². The van der Waals surface area contributed by atoms with Gasteiger partial charge in [0.05, 0.1) is 42.7 Å². The number of hydrogen-bond acceptors (Lipinski definition) is 10. The van der Waals surface area contributed by atoms with Crippen molar-refractivity contribution in [1.82, 2.24) is 0 Å². The van der Waals surface area contributed by atoms with E-state index < -0.39 is 0 Å². The van der Waals surface area contributed by atoms with Crippen LogP contribution >= 0.6 is 0 Å². The molecular weight excluding hydrogens is 945 g/mol. The van der Waals surface area contributed by atoms with Crippen molar-refractivity contribution in [2.24, 2.45) is 0 Å². The molecule has 0 heterocycles. The van der Waals surface area contributed by atoms with Gasteiger partial charge in [0.15, 0.2) is 0 Å². The monoisotopic (exact) mass is 1000 g/mol. The van der Waals surface area contributed by atoms with E-state index in [1.807, 2.05) is 72.8 Å². The quantitative estimate of drug-likeness (QED) is 0.0782. The fourth-order valence-electron chi connectivity index (χ4n) is 9.28. The fraction of sp³-hybridized carbons (Fsp3) is 0.0909. The Morgan fingerprint density at radius 3 is 0.382 bits per heavy atom. The van der Waals surface area contributed by atoms with Crippen LogP contribution in [-0.4, -0.2) is 42.7 Å². The summed E-state index contributed by atoms with van der Waals surface area (Å²) in [4.78, 5) is 8.95. The van der Waals surface area contributed by atoms with Crippen molar-refractivity contribution in [3.63, 3.8) is 0 Å². The highest BCUT2D eigenvalue weighted by Gasteiger charge is 2.20. The molecule has 0 spiro atoms. The molecule has 0 amide bonds. The third-order valence-electron chi connectivity index (χ3n) is 13.3. The van der Waals surface area contributed by atoms with Crippen LogP contribution in [0, 0.1) is 0 Å². The van der Waals surface area contributed by atoms with E-state index in [1.54, 1.807) is 42.7 Å². The van der Waals surface area contributed by atoms with E-state index >= 15 is 0 Å². The van der Waals surface area contributed by atoms with Crippen LogP contribution in [0.1, 0.15) is 0 Å². The summed E-state index contributed by atoms with van der Waals surface area (Å²) < 4.78 is 33.1. The Morgan fingerprint density at radius 1 is 0.158 bits per heavy atom. The number of ether oxygens (including phenoxy) is 6. The maximum absolute atomic E-state index is 5.56. The number of benzene rings is 10. The van der Waals surface area contributed by atoms with Crippen LogP contribution in [0.4, 0.5) is 68.2 Å². The van der Waals surface area contributed by atoms with E-state index in [0.717, 1.165) is 114 Å². The van der Waals surface area contributed by atoms with Crippen molar-refractivity contribution >= 4 is 68.2 Å². The van der Waals surface area contributed by atoms with Gasteiger partial charge in [-0.25, -0.2) is 0 Å². The predicted octanol–water partition coefficient (Wildman–Crippen LogP) is 17.3. The van der Waals surface area contributed by atoms with Gasteiger partial charge in [0.1, 0.15) is 34.5 Å². The van der Waals surface area contributed by atoms with E-state index in [-0.39, 0.29) is 0 Å². The van der Waals surface area contributed by atoms with Crippen LogP contribution in [0.15, 0.2) is 243 Å². The second-order valence-electron chi connectivity index (χ2n) is 17.7. The Hall–Kier alpha value is -9.80. The normalized spacial score (nSPS) is 10.8. The van der Waals surface area contributed by atoms with Crippen molar-refractivity contribution in [3.05, 3.63) is 243 Å². The summed E-state index contributed by atoms with van der Waals surface area (Å²) in [6.45, 7) is 0. The van der Waals surface area contributed by atoms with E-state index in [1.165, 1.54) is 0 Å². The van der Waals surface area contributed by atoms with Gasteiger partial charge in [0, 0.05) is 68.2 Å². The van der Waals surface area contributed by atoms with Crippen molar-refractivity contribution in [2.75, 3.05) is 62.3 Å². The molecule has 0 aliphatic heterocycles.